The molecule has 1 N–H and O–H groups in total. The summed E-state index contributed by atoms with van der Waals surface area (Å²) in [4.78, 5) is 0. The monoisotopic (exact) mass is 194 g/mol. The highest BCUT2D eigenvalue weighted by Crippen LogP contribution is 2.39. The van der Waals surface area contributed by atoms with E-state index in [1.54, 1.807) is 0 Å². The van der Waals surface area contributed by atoms with Gasteiger partial charge in [0.1, 0.15) is 0 Å². The Balaban J connectivity index is 2.88. The summed E-state index contributed by atoms with van der Waals surface area (Å²) < 4.78 is 0. The van der Waals surface area contributed by atoms with Crippen LogP contribution in [0.1, 0.15) is 40.0 Å². The molecule has 0 heterocycles. The summed E-state index contributed by atoms with van der Waals surface area (Å²) >= 11 is 0. The number of aliphatic hydroxyl groups excluding tert-OH is 1. The first-order valence-electron chi connectivity index (χ1n) is 5.53. The zero-order valence-corrected chi connectivity index (χ0v) is 9.64. The van der Waals surface area contributed by atoms with Crippen molar-refractivity contribution < 1.29 is 5.11 Å². The van der Waals surface area contributed by atoms with E-state index in [1.807, 2.05) is 0 Å². The number of rotatable bonds is 2. The van der Waals surface area contributed by atoms with Crippen molar-refractivity contribution in [1.29, 1.82) is 0 Å². The van der Waals surface area contributed by atoms with Crippen LogP contribution in [0.15, 0.2) is 23.3 Å². The van der Waals surface area contributed by atoms with Crippen LogP contribution in [0, 0.1) is 11.8 Å². The van der Waals surface area contributed by atoms with Crippen molar-refractivity contribution >= 4 is 0 Å². The highest BCUT2D eigenvalue weighted by Gasteiger charge is 2.26. The van der Waals surface area contributed by atoms with Gasteiger partial charge in [0.2, 0.25) is 0 Å². The summed E-state index contributed by atoms with van der Waals surface area (Å²) in [5.41, 5.74) is 4.25. The Hall–Kier alpha value is -0.560. The molecular formula is C13H22O. The summed E-state index contributed by atoms with van der Waals surface area (Å²) in [5.74, 6) is 1.06. The van der Waals surface area contributed by atoms with Crippen molar-refractivity contribution in [3.8, 4) is 0 Å². The lowest BCUT2D eigenvalue weighted by Gasteiger charge is -2.33. The molecule has 1 rings (SSSR count). The Kier molecular flexibility index (Phi) is 3.94. The zero-order chi connectivity index (χ0) is 10.7. The van der Waals surface area contributed by atoms with E-state index in [2.05, 4.69) is 27.4 Å². The third-order valence-corrected chi connectivity index (χ3v) is 3.41. The van der Waals surface area contributed by atoms with E-state index in [9.17, 15) is 0 Å². The maximum Gasteiger partial charge on any atom is 0.0439 e. The Morgan fingerprint density at radius 2 is 2.14 bits per heavy atom. The summed E-state index contributed by atoms with van der Waals surface area (Å²) in [6.07, 6.45) is 3.26. The normalized spacial score (nSPS) is 28.0. The first-order valence-corrected chi connectivity index (χ1v) is 5.53. The van der Waals surface area contributed by atoms with E-state index >= 15 is 0 Å². The van der Waals surface area contributed by atoms with E-state index in [0.29, 0.717) is 11.8 Å². The van der Waals surface area contributed by atoms with Crippen LogP contribution in [0.3, 0.4) is 0 Å². The van der Waals surface area contributed by atoms with Crippen LogP contribution in [0.4, 0.5) is 0 Å². The van der Waals surface area contributed by atoms with E-state index in [1.165, 1.54) is 29.6 Å². The van der Waals surface area contributed by atoms with Gasteiger partial charge in [-0.25, -0.2) is 0 Å². The van der Waals surface area contributed by atoms with Gasteiger partial charge >= 0.3 is 0 Å². The molecule has 1 nitrogen and oxygen atoms in total. The number of hydrogen-bond acceptors (Lipinski definition) is 1. The van der Waals surface area contributed by atoms with Crippen molar-refractivity contribution in [1.82, 2.24) is 0 Å². The van der Waals surface area contributed by atoms with Crippen LogP contribution in [-0.2, 0) is 0 Å². The Morgan fingerprint density at radius 1 is 1.50 bits per heavy atom. The minimum atomic E-state index is 0.271. The van der Waals surface area contributed by atoms with Gasteiger partial charge in [0, 0.05) is 12.5 Å². The number of hydrogen-bond donors (Lipinski definition) is 1. The summed E-state index contributed by atoms with van der Waals surface area (Å²) in [7, 11) is 0. The SMILES string of the molecule is C=C1[C@H](CCO)C(=C(C)C)CC[C@H]1C. The molecule has 0 aliphatic heterocycles. The summed E-state index contributed by atoms with van der Waals surface area (Å²) in [5, 5.41) is 9.06. The van der Waals surface area contributed by atoms with Gasteiger partial charge in [0.25, 0.3) is 0 Å². The fourth-order valence-electron chi connectivity index (χ4n) is 2.39. The molecule has 1 aliphatic rings. The Labute approximate surface area is 87.5 Å². The molecule has 0 unspecified atom stereocenters. The lowest BCUT2D eigenvalue weighted by atomic mass is 9.72. The number of aliphatic hydroxyl groups is 1. The molecule has 2 atom stereocenters. The average Bonchev–Trinajstić information content (AvgIpc) is 2.13. The van der Waals surface area contributed by atoms with Crippen LogP contribution in [0.2, 0.25) is 0 Å². The molecule has 0 aromatic rings. The topological polar surface area (TPSA) is 20.2 Å². The third kappa shape index (κ3) is 2.27. The molecule has 1 fully saturated rings. The van der Waals surface area contributed by atoms with Gasteiger partial charge in [0.05, 0.1) is 0 Å². The van der Waals surface area contributed by atoms with Crippen molar-refractivity contribution in [2.75, 3.05) is 6.61 Å². The predicted octanol–water partition coefficient (Wildman–Crippen LogP) is 3.31. The number of allylic oxidation sites excluding steroid dienone is 3. The largest absolute Gasteiger partial charge is 0.396 e. The second kappa shape index (κ2) is 4.79. The van der Waals surface area contributed by atoms with E-state index in [0.717, 1.165) is 6.42 Å². The Bertz CT molecular complexity index is 246. The van der Waals surface area contributed by atoms with Crippen LogP contribution in [-0.4, -0.2) is 11.7 Å². The lowest BCUT2D eigenvalue weighted by Crippen LogP contribution is -2.21. The summed E-state index contributed by atoms with van der Waals surface area (Å²) in [6, 6.07) is 0. The van der Waals surface area contributed by atoms with Gasteiger partial charge in [-0.2, -0.15) is 0 Å². The molecule has 1 saturated carbocycles. The van der Waals surface area contributed by atoms with Crippen LogP contribution in [0.5, 0.6) is 0 Å². The van der Waals surface area contributed by atoms with Gasteiger partial charge in [-0.15, -0.1) is 0 Å². The van der Waals surface area contributed by atoms with Gasteiger partial charge in [-0.05, 0) is 39.0 Å². The third-order valence-electron chi connectivity index (χ3n) is 3.41. The molecule has 1 heteroatoms. The van der Waals surface area contributed by atoms with Crippen LogP contribution < -0.4 is 0 Å². The molecule has 0 bridgehead atoms. The molecule has 0 aromatic carbocycles. The fourth-order valence-corrected chi connectivity index (χ4v) is 2.39. The molecule has 1 aliphatic carbocycles. The van der Waals surface area contributed by atoms with Gasteiger partial charge in [-0.1, -0.05) is 30.2 Å². The van der Waals surface area contributed by atoms with Crippen molar-refractivity contribution in [2.45, 2.75) is 40.0 Å². The van der Waals surface area contributed by atoms with Gasteiger partial charge < -0.3 is 5.11 Å². The summed E-state index contributed by atoms with van der Waals surface area (Å²) in [6.45, 7) is 11.0. The molecule has 80 valence electrons. The van der Waals surface area contributed by atoms with Gasteiger partial charge in [0.15, 0.2) is 0 Å². The quantitative estimate of drug-likeness (QED) is 0.669. The smallest absolute Gasteiger partial charge is 0.0439 e. The van der Waals surface area contributed by atoms with Crippen LogP contribution >= 0.6 is 0 Å². The van der Waals surface area contributed by atoms with Crippen LogP contribution in [0.25, 0.3) is 0 Å². The fraction of sp³-hybridized carbons (Fsp3) is 0.692. The molecule has 0 spiro atoms. The molecular weight excluding hydrogens is 172 g/mol. The maximum absolute atomic E-state index is 9.06. The zero-order valence-electron chi connectivity index (χ0n) is 9.64. The van der Waals surface area contributed by atoms with Gasteiger partial charge in [-0.3, -0.25) is 0 Å². The predicted molar refractivity (Wildman–Crippen MR) is 61.1 cm³/mol. The maximum atomic E-state index is 9.06. The van der Waals surface area contributed by atoms with E-state index in [-0.39, 0.29) is 6.61 Å². The molecule has 0 aromatic heterocycles. The molecule has 0 saturated heterocycles. The van der Waals surface area contributed by atoms with Crippen molar-refractivity contribution in [3.05, 3.63) is 23.3 Å². The lowest BCUT2D eigenvalue weighted by molar-refractivity contribution is 0.264. The highest BCUT2D eigenvalue weighted by atomic mass is 16.3. The first-order chi connectivity index (χ1) is 6.57. The second-order valence-electron chi connectivity index (χ2n) is 4.60. The second-order valence-corrected chi connectivity index (χ2v) is 4.60. The van der Waals surface area contributed by atoms with Crippen molar-refractivity contribution in [2.24, 2.45) is 11.8 Å². The van der Waals surface area contributed by atoms with E-state index in [4.69, 9.17) is 5.11 Å². The highest BCUT2D eigenvalue weighted by molar-refractivity contribution is 5.27. The first kappa shape index (κ1) is 11.5. The minimum absolute atomic E-state index is 0.271. The minimum Gasteiger partial charge on any atom is -0.396 e. The Morgan fingerprint density at radius 3 is 2.64 bits per heavy atom. The van der Waals surface area contributed by atoms with Crippen molar-refractivity contribution in [3.63, 3.8) is 0 Å². The molecule has 14 heavy (non-hydrogen) atoms. The average molecular weight is 194 g/mol. The van der Waals surface area contributed by atoms with E-state index < -0.39 is 0 Å². The standard InChI is InChI=1S/C13H22O/c1-9(2)12-6-5-10(3)11(4)13(12)7-8-14/h10,13-14H,4-8H2,1-3H3/t10-,13+/m1/s1. The molecule has 0 radical (unpaired) electrons. The molecule has 0 amide bonds.